The van der Waals surface area contributed by atoms with Crippen LogP contribution in [0.15, 0.2) is 65.7 Å². The number of aromatic hydroxyl groups is 1. The van der Waals surface area contributed by atoms with Crippen LogP contribution in [-0.2, 0) is 6.61 Å². The first-order chi connectivity index (χ1) is 10.3. The zero-order valence-corrected chi connectivity index (χ0v) is 11.4. The number of hydrogen-bond donors (Lipinski definition) is 2. The predicted molar refractivity (Wildman–Crippen MR) is 85.2 cm³/mol. The first-order valence-corrected chi connectivity index (χ1v) is 6.73. The SMILES string of the molecule is OCc1ccccc1N=Cc1c(O)ccc2ccccc12. The summed E-state index contributed by atoms with van der Waals surface area (Å²) in [5.41, 5.74) is 2.14. The summed E-state index contributed by atoms with van der Waals surface area (Å²) in [5, 5.41) is 21.4. The summed E-state index contributed by atoms with van der Waals surface area (Å²) in [6.07, 6.45) is 1.64. The molecule has 0 aliphatic rings. The number of phenolic OH excluding ortho intramolecular Hbond substituents is 1. The van der Waals surface area contributed by atoms with Crippen LogP contribution in [0.2, 0.25) is 0 Å². The molecule has 3 heteroatoms. The fourth-order valence-corrected chi connectivity index (χ4v) is 2.32. The second kappa shape index (κ2) is 5.77. The molecule has 0 fully saturated rings. The molecule has 0 saturated carbocycles. The normalized spacial score (nSPS) is 11.3. The molecule has 0 aliphatic heterocycles. The summed E-state index contributed by atoms with van der Waals surface area (Å²) in [6.45, 7) is -0.0605. The molecule has 3 nitrogen and oxygen atoms in total. The maximum Gasteiger partial charge on any atom is 0.124 e. The van der Waals surface area contributed by atoms with E-state index in [0.29, 0.717) is 11.3 Å². The largest absolute Gasteiger partial charge is 0.507 e. The Balaban J connectivity index is 2.09. The van der Waals surface area contributed by atoms with Gasteiger partial charge in [0.2, 0.25) is 0 Å². The van der Waals surface area contributed by atoms with Crippen LogP contribution in [0, 0.1) is 0 Å². The predicted octanol–water partition coefficient (Wildman–Crippen LogP) is 3.79. The smallest absolute Gasteiger partial charge is 0.124 e. The first kappa shape index (κ1) is 13.3. The maximum atomic E-state index is 10.1. The van der Waals surface area contributed by atoms with Gasteiger partial charge in [0.15, 0.2) is 0 Å². The first-order valence-electron chi connectivity index (χ1n) is 6.73. The Morgan fingerprint density at radius 1 is 0.905 bits per heavy atom. The number of fused-ring (bicyclic) bond motifs is 1. The van der Waals surface area contributed by atoms with Gasteiger partial charge in [-0.3, -0.25) is 4.99 Å². The second-order valence-electron chi connectivity index (χ2n) is 4.76. The van der Waals surface area contributed by atoms with E-state index in [9.17, 15) is 10.2 Å². The van der Waals surface area contributed by atoms with E-state index in [4.69, 9.17) is 0 Å². The Morgan fingerprint density at radius 2 is 1.67 bits per heavy atom. The van der Waals surface area contributed by atoms with E-state index in [0.717, 1.165) is 16.3 Å². The van der Waals surface area contributed by atoms with Crippen molar-refractivity contribution in [2.45, 2.75) is 6.61 Å². The van der Waals surface area contributed by atoms with Crippen molar-refractivity contribution >= 4 is 22.7 Å². The van der Waals surface area contributed by atoms with Crippen molar-refractivity contribution in [3.05, 3.63) is 71.8 Å². The lowest BCUT2D eigenvalue weighted by molar-refractivity contribution is 0.282. The van der Waals surface area contributed by atoms with Crippen LogP contribution >= 0.6 is 0 Å². The molecule has 0 aliphatic carbocycles. The minimum absolute atomic E-state index is 0.0605. The Kier molecular flexibility index (Phi) is 3.67. The lowest BCUT2D eigenvalue weighted by Gasteiger charge is -2.05. The Morgan fingerprint density at radius 3 is 2.52 bits per heavy atom. The highest BCUT2D eigenvalue weighted by Gasteiger charge is 2.05. The van der Waals surface area contributed by atoms with Crippen molar-refractivity contribution in [2.24, 2.45) is 4.99 Å². The molecule has 21 heavy (non-hydrogen) atoms. The quantitative estimate of drug-likeness (QED) is 0.716. The number of hydrogen-bond acceptors (Lipinski definition) is 3. The van der Waals surface area contributed by atoms with Crippen molar-refractivity contribution in [3.63, 3.8) is 0 Å². The van der Waals surface area contributed by atoms with Crippen molar-refractivity contribution in [1.29, 1.82) is 0 Å². The zero-order valence-electron chi connectivity index (χ0n) is 11.4. The third-order valence-electron chi connectivity index (χ3n) is 3.44. The van der Waals surface area contributed by atoms with Crippen LogP contribution in [-0.4, -0.2) is 16.4 Å². The number of phenols is 1. The summed E-state index contributed by atoms with van der Waals surface area (Å²) in [7, 11) is 0. The van der Waals surface area contributed by atoms with E-state index < -0.39 is 0 Å². The van der Waals surface area contributed by atoms with E-state index in [2.05, 4.69) is 4.99 Å². The number of para-hydroxylation sites is 1. The van der Waals surface area contributed by atoms with Crippen molar-refractivity contribution in [1.82, 2.24) is 0 Å². The molecule has 0 spiro atoms. The van der Waals surface area contributed by atoms with E-state index >= 15 is 0 Å². The lowest BCUT2D eigenvalue weighted by Crippen LogP contribution is -1.87. The van der Waals surface area contributed by atoms with Gasteiger partial charge in [-0.05, 0) is 22.9 Å². The third kappa shape index (κ3) is 2.64. The molecule has 3 rings (SSSR count). The van der Waals surface area contributed by atoms with Gasteiger partial charge >= 0.3 is 0 Å². The van der Waals surface area contributed by atoms with Crippen LogP contribution < -0.4 is 0 Å². The Hall–Kier alpha value is -2.65. The van der Waals surface area contributed by atoms with Crippen molar-refractivity contribution in [3.8, 4) is 5.75 Å². The molecular weight excluding hydrogens is 262 g/mol. The number of aliphatic hydroxyl groups excluding tert-OH is 1. The van der Waals surface area contributed by atoms with E-state index in [-0.39, 0.29) is 12.4 Å². The number of nitrogens with zero attached hydrogens (tertiary/aromatic N) is 1. The van der Waals surface area contributed by atoms with Gasteiger partial charge in [-0.25, -0.2) is 0 Å². The van der Waals surface area contributed by atoms with Crippen LogP contribution in [0.5, 0.6) is 5.75 Å². The second-order valence-corrected chi connectivity index (χ2v) is 4.76. The van der Waals surface area contributed by atoms with Gasteiger partial charge in [0, 0.05) is 17.3 Å². The highest BCUT2D eigenvalue weighted by Crippen LogP contribution is 2.26. The molecule has 0 aromatic heterocycles. The zero-order chi connectivity index (χ0) is 14.7. The molecule has 3 aromatic carbocycles. The minimum Gasteiger partial charge on any atom is -0.507 e. The topological polar surface area (TPSA) is 52.8 Å². The third-order valence-corrected chi connectivity index (χ3v) is 3.44. The number of aliphatic imine (C=N–C) groups is 1. The molecule has 0 bridgehead atoms. The van der Waals surface area contributed by atoms with Gasteiger partial charge in [0.1, 0.15) is 5.75 Å². The molecule has 0 heterocycles. The molecule has 0 saturated heterocycles. The fraction of sp³-hybridized carbons (Fsp3) is 0.0556. The Bertz CT molecular complexity index is 809. The van der Waals surface area contributed by atoms with E-state index in [1.807, 2.05) is 54.6 Å². The van der Waals surface area contributed by atoms with Crippen LogP contribution in [0.3, 0.4) is 0 Å². The van der Waals surface area contributed by atoms with E-state index in [1.54, 1.807) is 12.3 Å². The fourth-order valence-electron chi connectivity index (χ4n) is 2.32. The monoisotopic (exact) mass is 277 g/mol. The summed E-state index contributed by atoms with van der Waals surface area (Å²) in [6, 6.07) is 18.8. The van der Waals surface area contributed by atoms with Gasteiger partial charge in [-0.1, -0.05) is 48.5 Å². The van der Waals surface area contributed by atoms with Gasteiger partial charge in [0.05, 0.1) is 12.3 Å². The molecular formula is C18H15NO2. The summed E-state index contributed by atoms with van der Waals surface area (Å²) >= 11 is 0. The van der Waals surface area contributed by atoms with Crippen LogP contribution in [0.4, 0.5) is 5.69 Å². The van der Waals surface area contributed by atoms with Crippen molar-refractivity contribution < 1.29 is 10.2 Å². The average molecular weight is 277 g/mol. The molecule has 104 valence electrons. The number of rotatable bonds is 3. The molecule has 0 atom stereocenters. The van der Waals surface area contributed by atoms with E-state index in [1.165, 1.54) is 0 Å². The molecule has 3 aromatic rings. The number of benzene rings is 3. The highest BCUT2D eigenvalue weighted by molar-refractivity contribution is 6.03. The van der Waals surface area contributed by atoms with Gasteiger partial charge < -0.3 is 10.2 Å². The lowest BCUT2D eigenvalue weighted by atomic mass is 10.0. The average Bonchev–Trinajstić information content (AvgIpc) is 2.54. The molecule has 0 unspecified atom stereocenters. The summed E-state index contributed by atoms with van der Waals surface area (Å²) < 4.78 is 0. The van der Waals surface area contributed by atoms with Gasteiger partial charge in [0.25, 0.3) is 0 Å². The van der Waals surface area contributed by atoms with Crippen LogP contribution in [0.1, 0.15) is 11.1 Å². The number of aliphatic hydroxyl groups is 1. The maximum absolute atomic E-state index is 10.1. The standard InChI is InChI=1S/C18H15NO2/c20-12-14-6-2-4-8-17(14)19-11-16-15-7-3-1-5-13(15)9-10-18(16)21/h1-11,20-21H,12H2. The Labute approximate surface area is 122 Å². The molecule has 0 radical (unpaired) electrons. The molecule has 0 amide bonds. The van der Waals surface area contributed by atoms with Gasteiger partial charge in [-0.2, -0.15) is 0 Å². The minimum atomic E-state index is -0.0605. The molecule has 2 N–H and O–H groups in total. The summed E-state index contributed by atoms with van der Waals surface area (Å²) in [5.74, 6) is 0.193. The summed E-state index contributed by atoms with van der Waals surface area (Å²) in [4.78, 5) is 4.41. The van der Waals surface area contributed by atoms with Crippen LogP contribution in [0.25, 0.3) is 10.8 Å². The highest BCUT2D eigenvalue weighted by atomic mass is 16.3. The van der Waals surface area contributed by atoms with Gasteiger partial charge in [-0.15, -0.1) is 0 Å². The van der Waals surface area contributed by atoms with Crippen molar-refractivity contribution in [2.75, 3.05) is 0 Å².